The van der Waals surface area contributed by atoms with Crippen molar-refractivity contribution in [2.45, 2.75) is 23.5 Å². The third-order valence-corrected chi connectivity index (χ3v) is 5.85. The predicted octanol–water partition coefficient (Wildman–Crippen LogP) is 1.68. The van der Waals surface area contributed by atoms with Gasteiger partial charge in [0.2, 0.25) is 10.0 Å². The van der Waals surface area contributed by atoms with Crippen molar-refractivity contribution in [2.24, 2.45) is 0 Å². The van der Waals surface area contributed by atoms with Crippen molar-refractivity contribution >= 4 is 26.8 Å². The molecule has 0 radical (unpaired) electrons. The molecular formula is C15H14F3N3O3S. The van der Waals surface area contributed by atoms with Crippen molar-refractivity contribution in [1.82, 2.24) is 14.6 Å². The summed E-state index contributed by atoms with van der Waals surface area (Å²) in [6, 6.07) is 7.22. The van der Waals surface area contributed by atoms with Crippen molar-refractivity contribution in [3.05, 3.63) is 36.5 Å². The lowest BCUT2D eigenvalue weighted by molar-refractivity contribution is -0.174. The lowest BCUT2D eigenvalue weighted by atomic mass is 10.2. The van der Waals surface area contributed by atoms with E-state index in [1.807, 2.05) is 5.32 Å². The van der Waals surface area contributed by atoms with E-state index in [1.165, 1.54) is 12.3 Å². The minimum Gasteiger partial charge on any atom is -0.344 e. The molecule has 0 aliphatic carbocycles. The van der Waals surface area contributed by atoms with Crippen LogP contribution in [0.2, 0.25) is 0 Å². The first kappa shape index (κ1) is 17.6. The molecule has 1 aliphatic rings. The number of rotatable bonds is 3. The highest BCUT2D eigenvalue weighted by Crippen LogP contribution is 2.27. The van der Waals surface area contributed by atoms with Crippen LogP contribution >= 0.6 is 0 Å². The Bertz CT molecular complexity index is 910. The number of aromatic nitrogens is 1. The quantitative estimate of drug-likeness (QED) is 0.888. The summed E-state index contributed by atoms with van der Waals surface area (Å²) in [5, 5.41) is 2.47. The average Bonchev–Trinajstić information content (AvgIpc) is 3.02. The maximum Gasteiger partial charge on any atom is 0.471 e. The van der Waals surface area contributed by atoms with E-state index >= 15 is 0 Å². The first-order valence-electron chi connectivity index (χ1n) is 7.41. The molecule has 1 atom stereocenters. The first-order valence-corrected chi connectivity index (χ1v) is 8.85. The van der Waals surface area contributed by atoms with Gasteiger partial charge >= 0.3 is 12.1 Å². The van der Waals surface area contributed by atoms with Gasteiger partial charge in [0.05, 0.1) is 5.52 Å². The van der Waals surface area contributed by atoms with Gasteiger partial charge in [0.1, 0.15) is 4.90 Å². The molecule has 1 saturated heterocycles. The van der Waals surface area contributed by atoms with Gasteiger partial charge in [-0.1, -0.05) is 18.2 Å². The van der Waals surface area contributed by atoms with Gasteiger partial charge in [-0.2, -0.15) is 17.5 Å². The highest BCUT2D eigenvalue weighted by molar-refractivity contribution is 7.89. The van der Waals surface area contributed by atoms with E-state index in [-0.39, 0.29) is 24.4 Å². The summed E-state index contributed by atoms with van der Waals surface area (Å²) in [4.78, 5) is 15.1. The summed E-state index contributed by atoms with van der Waals surface area (Å²) in [6.45, 7) is -0.193. The first-order chi connectivity index (χ1) is 11.7. The van der Waals surface area contributed by atoms with Crippen molar-refractivity contribution in [3.63, 3.8) is 0 Å². The Balaban J connectivity index is 1.83. The van der Waals surface area contributed by atoms with Crippen molar-refractivity contribution in [3.8, 4) is 0 Å². The van der Waals surface area contributed by atoms with Crippen LogP contribution in [0.4, 0.5) is 13.2 Å². The summed E-state index contributed by atoms with van der Waals surface area (Å²) < 4.78 is 63.7. The maximum absolute atomic E-state index is 12.8. The molecule has 0 saturated carbocycles. The minimum atomic E-state index is -4.99. The summed E-state index contributed by atoms with van der Waals surface area (Å²) in [5.41, 5.74) is 0.299. The second-order valence-electron chi connectivity index (χ2n) is 5.65. The summed E-state index contributed by atoms with van der Waals surface area (Å²) in [5.74, 6) is -2.07. The summed E-state index contributed by atoms with van der Waals surface area (Å²) >= 11 is 0. The molecule has 2 heterocycles. The van der Waals surface area contributed by atoms with Crippen LogP contribution in [0, 0.1) is 0 Å². The Kier molecular flexibility index (Phi) is 4.41. The zero-order valence-corrected chi connectivity index (χ0v) is 13.6. The van der Waals surface area contributed by atoms with E-state index in [2.05, 4.69) is 4.98 Å². The molecule has 25 heavy (non-hydrogen) atoms. The predicted molar refractivity (Wildman–Crippen MR) is 83.1 cm³/mol. The molecule has 10 heteroatoms. The van der Waals surface area contributed by atoms with Crippen molar-refractivity contribution in [1.29, 1.82) is 0 Å². The SMILES string of the molecule is O=C(NC1CCN(S(=O)(=O)c2cccc3cccnc23)C1)C(F)(F)F. The number of hydrogen-bond donors (Lipinski definition) is 1. The fourth-order valence-corrected chi connectivity index (χ4v) is 4.42. The van der Waals surface area contributed by atoms with E-state index in [9.17, 15) is 26.4 Å². The van der Waals surface area contributed by atoms with E-state index < -0.39 is 28.1 Å². The number of benzene rings is 1. The topological polar surface area (TPSA) is 79.4 Å². The lowest BCUT2D eigenvalue weighted by Crippen LogP contribution is -2.44. The van der Waals surface area contributed by atoms with E-state index in [0.29, 0.717) is 10.9 Å². The van der Waals surface area contributed by atoms with Gasteiger partial charge in [-0.25, -0.2) is 8.42 Å². The van der Waals surface area contributed by atoms with Crippen molar-refractivity contribution < 1.29 is 26.4 Å². The highest BCUT2D eigenvalue weighted by Gasteiger charge is 2.42. The molecule has 1 aromatic heterocycles. The standard InChI is InChI=1S/C15H14F3N3O3S/c16-15(17,18)14(22)20-11-6-8-21(9-11)25(23,24)12-5-1-3-10-4-2-7-19-13(10)12/h1-5,7,11H,6,8-9H2,(H,20,22). The lowest BCUT2D eigenvalue weighted by Gasteiger charge is -2.18. The molecule has 1 unspecified atom stereocenters. The van der Waals surface area contributed by atoms with E-state index in [0.717, 1.165) is 4.31 Å². The van der Waals surface area contributed by atoms with Crippen LogP contribution in [0.1, 0.15) is 6.42 Å². The number of amides is 1. The molecule has 0 spiro atoms. The van der Waals surface area contributed by atoms with E-state index in [4.69, 9.17) is 0 Å². The molecule has 2 aromatic rings. The number of halogens is 3. The Morgan fingerprint density at radius 2 is 1.96 bits per heavy atom. The van der Waals surface area contributed by atoms with Crippen LogP contribution in [0.25, 0.3) is 10.9 Å². The second kappa shape index (κ2) is 6.26. The monoisotopic (exact) mass is 373 g/mol. The molecular weight excluding hydrogens is 359 g/mol. The molecule has 1 aromatic carbocycles. The number of para-hydroxylation sites is 1. The number of carbonyl (C=O) groups is 1. The smallest absolute Gasteiger partial charge is 0.344 e. The number of nitrogens with zero attached hydrogens (tertiary/aromatic N) is 2. The summed E-state index contributed by atoms with van der Waals surface area (Å²) in [7, 11) is -3.93. The Morgan fingerprint density at radius 3 is 2.68 bits per heavy atom. The number of fused-ring (bicyclic) bond motifs is 1. The van der Waals surface area contributed by atoms with Gasteiger partial charge in [-0.3, -0.25) is 9.78 Å². The fraction of sp³-hybridized carbons (Fsp3) is 0.333. The molecule has 0 bridgehead atoms. The van der Waals surface area contributed by atoms with E-state index in [1.54, 1.807) is 24.3 Å². The third kappa shape index (κ3) is 3.45. The molecule has 1 fully saturated rings. The van der Waals surface area contributed by atoms with Crippen LogP contribution in [0.5, 0.6) is 0 Å². The Morgan fingerprint density at radius 1 is 1.24 bits per heavy atom. The van der Waals surface area contributed by atoms with Crippen LogP contribution in [0.3, 0.4) is 0 Å². The number of carbonyl (C=O) groups excluding carboxylic acids is 1. The van der Waals surface area contributed by atoms with Crippen LogP contribution < -0.4 is 5.32 Å². The van der Waals surface area contributed by atoms with Gasteiger partial charge in [0, 0.05) is 30.7 Å². The maximum atomic E-state index is 12.8. The zero-order chi connectivity index (χ0) is 18.2. The molecule has 1 aliphatic heterocycles. The Hall–Kier alpha value is -2.20. The molecule has 1 N–H and O–H groups in total. The largest absolute Gasteiger partial charge is 0.471 e. The molecule has 6 nitrogen and oxygen atoms in total. The number of pyridine rings is 1. The minimum absolute atomic E-state index is 0.00611. The number of nitrogens with one attached hydrogen (secondary N) is 1. The van der Waals surface area contributed by atoms with Crippen LogP contribution in [0.15, 0.2) is 41.4 Å². The second-order valence-corrected chi connectivity index (χ2v) is 7.56. The van der Waals surface area contributed by atoms with Crippen LogP contribution in [-0.4, -0.2) is 48.9 Å². The number of hydrogen-bond acceptors (Lipinski definition) is 4. The van der Waals surface area contributed by atoms with Gasteiger partial charge in [0.25, 0.3) is 0 Å². The fourth-order valence-electron chi connectivity index (χ4n) is 2.76. The molecule has 1 amide bonds. The average molecular weight is 373 g/mol. The van der Waals surface area contributed by atoms with Gasteiger partial charge in [-0.15, -0.1) is 0 Å². The number of sulfonamides is 1. The Labute approximate surface area is 141 Å². The van der Waals surface area contributed by atoms with Crippen molar-refractivity contribution in [2.75, 3.05) is 13.1 Å². The third-order valence-electron chi connectivity index (χ3n) is 3.96. The normalized spacial score (nSPS) is 19.2. The van der Waals surface area contributed by atoms with Crippen LogP contribution in [-0.2, 0) is 14.8 Å². The van der Waals surface area contributed by atoms with Gasteiger partial charge in [0.15, 0.2) is 0 Å². The molecule has 3 rings (SSSR count). The molecule has 134 valence electrons. The number of alkyl halides is 3. The van der Waals surface area contributed by atoms with Gasteiger partial charge in [-0.05, 0) is 18.6 Å². The highest BCUT2D eigenvalue weighted by atomic mass is 32.2. The summed E-state index contributed by atoms with van der Waals surface area (Å²) in [6.07, 6.45) is -3.41. The van der Waals surface area contributed by atoms with Gasteiger partial charge < -0.3 is 5.32 Å². The zero-order valence-electron chi connectivity index (χ0n) is 12.8.